The summed E-state index contributed by atoms with van der Waals surface area (Å²) in [7, 11) is 2.07. The number of likely N-dealkylation sites (N-methyl/N-ethyl adjacent to an activating group) is 1. The van der Waals surface area contributed by atoms with Gasteiger partial charge in [0, 0.05) is 55.9 Å². The van der Waals surface area contributed by atoms with Crippen LogP contribution in [0, 0.1) is 0 Å². The van der Waals surface area contributed by atoms with Crippen LogP contribution in [0.2, 0.25) is 0 Å². The number of aliphatic hydroxyl groups is 1. The Labute approximate surface area is 131 Å². The summed E-state index contributed by atoms with van der Waals surface area (Å²) >= 11 is 1.73. The molecule has 1 aliphatic rings. The highest BCUT2D eigenvalue weighted by Gasteiger charge is 2.23. The zero-order chi connectivity index (χ0) is 15.1. The Morgan fingerprint density at radius 1 is 1.33 bits per heavy atom. The van der Waals surface area contributed by atoms with Crippen LogP contribution in [0.5, 0.6) is 0 Å². The molecule has 118 valence electrons. The van der Waals surface area contributed by atoms with E-state index in [-0.39, 0.29) is 12.6 Å². The molecule has 6 heteroatoms. The van der Waals surface area contributed by atoms with Gasteiger partial charge in [0.25, 0.3) is 0 Å². The summed E-state index contributed by atoms with van der Waals surface area (Å²) < 4.78 is 0. The second kappa shape index (κ2) is 8.68. The van der Waals surface area contributed by atoms with Gasteiger partial charge in [-0.25, -0.2) is 9.97 Å². The lowest BCUT2D eigenvalue weighted by atomic mass is 10.2. The van der Waals surface area contributed by atoms with Crippen LogP contribution in [0.1, 0.15) is 25.3 Å². The summed E-state index contributed by atoms with van der Waals surface area (Å²) in [6.45, 7) is 6.21. The fraction of sp³-hybridized carbons (Fsp3) is 0.733. The SMILES string of the molecule is CCCCSc1ncc(CN2CCN(C)[C@H](CO)C2)cn1. The fourth-order valence-electron chi connectivity index (χ4n) is 2.42. The number of thioether (sulfide) groups is 1. The number of piperazine rings is 1. The molecule has 2 heterocycles. The minimum Gasteiger partial charge on any atom is -0.395 e. The van der Waals surface area contributed by atoms with Crippen molar-refractivity contribution in [2.75, 3.05) is 39.0 Å². The van der Waals surface area contributed by atoms with Gasteiger partial charge in [-0.2, -0.15) is 0 Å². The van der Waals surface area contributed by atoms with Crippen LogP contribution in [0.4, 0.5) is 0 Å². The molecule has 1 atom stereocenters. The maximum Gasteiger partial charge on any atom is 0.187 e. The van der Waals surface area contributed by atoms with Gasteiger partial charge in [-0.05, 0) is 13.5 Å². The highest BCUT2D eigenvalue weighted by Crippen LogP contribution is 2.15. The third-order valence-corrected chi connectivity index (χ3v) is 4.85. The number of unbranched alkanes of at least 4 members (excludes halogenated alkanes) is 1. The number of aromatic nitrogens is 2. The first-order valence-corrected chi connectivity index (χ1v) is 8.68. The van der Waals surface area contributed by atoms with E-state index in [9.17, 15) is 5.11 Å². The average molecular weight is 310 g/mol. The molecule has 2 rings (SSSR count). The van der Waals surface area contributed by atoms with Crippen LogP contribution in [0.3, 0.4) is 0 Å². The Bertz CT molecular complexity index is 415. The minimum absolute atomic E-state index is 0.219. The number of hydrogen-bond donors (Lipinski definition) is 1. The van der Waals surface area contributed by atoms with Crippen LogP contribution >= 0.6 is 11.8 Å². The number of aliphatic hydroxyl groups excluding tert-OH is 1. The lowest BCUT2D eigenvalue weighted by molar-refractivity contribution is 0.0539. The second-order valence-electron chi connectivity index (χ2n) is 5.63. The van der Waals surface area contributed by atoms with E-state index in [0.717, 1.165) is 42.7 Å². The molecule has 1 saturated heterocycles. The van der Waals surface area contributed by atoms with E-state index in [4.69, 9.17) is 0 Å². The van der Waals surface area contributed by atoms with Crippen LogP contribution in [0.25, 0.3) is 0 Å². The predicted octanol–water partition coefficient (Wildman–Crippen LogP) is 1.48. The predicted molar refractivity (Wildman–Crippen MR) is 86.4 cm³/mol. The number of nitrogens with zero attached hydrogens (tertiary/aromatic N) is 4. The number of rotatable bonds is 7. The van der Waals surface area contributed by atoms with Crippen LogP contribution in [-0.2, 0) is 6.54 Å². The van der Waals surface area contributed by atoms with E-state index in [1.165, 1.54) is 12.8 Å². The van der Waals surface area contributed by atoms with Crippen LogP contribution in [-0.4, -0.2) is 70.0 Å². The first kappa shape index (κ1) is 16.7. The van der Waals surface area contributed by atoms with Crippen molar-refractivity contribution in [2.24, 2.45) is 0 Å². The van der Waals surface area contributed by atoms with Crippen molar-refractivity contribution in [2.45, 2.75) is 37.5 Å². The zero-order valence-corrected chi connectivity index (χ0v) is 13.8. The molecule has 0 radical (unpaired) electrons. The van der Waals surface area contributed by atoms with Gasteiger partial charge in [0.05, 0.1) is 6.61 Å². The summed E-state index contributed by atoms with van der Waals surface area (Å²) in [6.07, 6.45) is 6.29. The normalized spacial score (nSPS) is 20.8. The van der Waals surface area contributed by atoms with Gasteiger partial charge in [0.2, 0.25) is 0 Å². The van der Waals surface area contributed by atoms with Crippen molar-refractivity contribution >= 4 is 11.8 Å². The van der Waals surface area contributed by atoms with Gasteiger partial charge in [-0.15, -0.1) is 0 Å². The molecular formula is C15H26N4OS. The fourth-order valence-corrected chi connectivity index (χ4v) is 3.29. The van der Waals surface area contributed by atoms with Crippen molar-refractivity contribution in [1.82, 2.24) is 19.8 Å². The van der Waals surface area contributed by atoms with Gasteiger partial charge >= 0.3 is 0 Å². The largest absolute Gasteiger partial charge is 0.395 e. The third-order valence-electron chi connectivity index (χ3n) is 3.89. The Balaban J connectivity index is 1.82. The smallest absolute Gasteiger partial charge is 0.187 e. The third kappa shape index (κ3) is 5.21. The van der Waals surface area contributed by atoms with Gasteiger partial charge in [-0.3, -0.25) is 9.80 Å². The van der Waals surface area contributed by atoms with E-state index in [1.807, 2.05) is 12.4 Å². The molecule has 1 fully saturated rings. The minimum atomic E-state index is 0.219. The molecule has 0 spiro atoms. The van der Waals surface area contributed by atoms with Crippen LogP contribution in [0.15, 0.2) is 17.6 Å². The Morgan fingerprint density at radius 2 is 2.10 bits per heavy atom. The maximum atomic E-state index is 9.39. The van der Waals surface area contributed by atoms with E-state index >= 15 is 0 Å². The lowest BCUT2D eigenvalue weighted by Crippen LogP contribution is -2.52. The average Bonchev–Trinajstić information content (AvgIpc) is 2.51. The molecule has 1 aromatic heterocycles. The Kier molecular flexibility index (Phi) is 6.89. The van der Waals surface area contributed by atoms with Crippen molar-refractivity contribution in [3.63, 3.8) is 0 Å². The van der Waals surface area contributed by atoms with E-state index in [1.54, 1.807) is 11.8 Å². The molecule has 1 aromatic rings. The monoisotopic (exact) mass is 310 g/mol. The van der Waals surface area contributed by atoms with Crippen molar-refractivity contribution < 1.29 is 5.11 Å². The zero-order valence-electron chi connectivity index (χ0n) is 13.0. The molecule has 0 aliphatic carbocycles. The van der Waals surface area contributed by atoms with Crippen molar-refractivity contribution in [3.05, 3.63) is 18.0 Å². The van der Waals surface area contributed by atoms with Gasteiger partial charge in [0.15, 0.2) is 5.16 Å². The first-order chi connectivity index (χ1) is 10.2. The molecule has 0 amide bonds. The second-order valence-corrected chi connectivity index (χ2v) is 6.69. The van der Waals surface area contributed by atoms with Gasteiger partial charge < -0.3 is 5.11 Å². The molecule has 0 aromatic carbocycles. The topological polar surface area (TPSA) is 52.5 Å². The standard InChI is InChI=1S/C15H26N4OS/c1-3-4-7-21-15-16-8-13(9-17-15)10-19-6-5-18(2)14(11-19)12-20/h8-9,14,20H,3-7,10-12H2,1-2H3/t14-/m0/s1. The first-order valence-electron chi connectivity index (χ1n) is 7.70. The Morgan fingerprint density at radius 3 is 2.76 bits per heavy atom. The van der Waals surface area contributed by atoms with E-state index < -0.39 is 0 Å². The van der Waals surface area contributed by atoms with Gasteiger partial charge in [0.1, 0.15) is 0 Å². The van der Waals surface area contributed by atoms with Gasteiger partial charge in [-0.1, -0.05) is 25.1 Å². The van der Waals surface area contributed by atoms with Crippen LogP contribution < -0.4 is 0 Å². The highest BCUT2D eigenvalue weighted by molar-refractivity contribution is 7.99. The summed E-state index contributed by atoms with van der Waals surface area (Å²) in [5.74, 6) is 1.09. The van der Waals surface area contributed by atoms with E-state index in [0.29, 0.717) is 0 Å². The lowest BCUT2D eigenvalue weighted by Gasteiger charge is -2.38. The Hall–Kier alpha value is -0.690. The quantitative estimate of drug-likeness (QED) is 0.468. The molecule has 0 bridgehead atoms. The molecule has 0 unspecified atom stereocenters. The molecular weight excluding hydrogens is 284 g/mol. The number of hydrogen-bond acceptors (Lipinski definition) is 6. The molecule has 0 saturated carbocycles. The van der Waals surface area contributed by atoms with E-state index in [2.05, 4.69) is 33.7 Å². The summed E-state index contributed by atoms with van der Waals surface area (Å²) in [4.78, 5) is 13.5. The maximum absolute atomic E-state index is 9.39. The summed E-state index contributed by atoms with van der Waals surface area (Å²) in [6, 6.07) is 0.239. The molecule has 5 nitrogen and oxygen atoms in total. The summed E-state index contributed by atoms with van der Waals surface area (Å²) in [5.41, 5.74) is 1.15. The molecule has 1 N–H and O–H groups in total. The molecule has 1 aliphatic heterocycles. The summed E-state index contributed by atoms with van der Waals surface area (Å²) in [5, 5.41) is 10.3. The van der Waals surface area contributed by atoms with Crippen molar-refractivity contribution in [1.29, 1.82) is 0 Å². The van der Waals surface area contributed by atoms with Crippen molar-refractivity contribution in [3.8, 4) is 0 Å². The molecule has 21 heavy (non-hydrogen) atoms. The highest BCUT2D eigenvalue weighted by atomic mass is 32.2.